The van der Waals surface area contributed by atoms with E-state index >= 15 is 0 Å². The van der Waals surface area contributed by atoms with Crippen LogP contribution in [0.4, 0.5) is 17.6 Å². The Balaban J connectivity index is 1.58. The van der Waals surface area contributed by atoms with E-state index in [4.69, 9.17) is 5.73 Å². The molecule has 7 nitrogen and oxygen atoms in total. The molecule has 2 fully saturated rings. The van der Waals surface area contributed by atoms with Crippen LogP contribution in [-0.2, 0) is 9.59 Å². The molecule has 2 amide bonds. The summed E-state index contributed by atoms with van der Waals surface area (Å²) in [4.78, 5) is 35.2. The number of pyridine rings is 1. The summed E-state index contributed by atoms with van der Waals surface area (Å²) in [5, 5.41) is 2.80. The number of nitrogens with zero attached hydrogens (tertiary/aromatic N) is 3. The fourth-order valence-corrected chi connectivity index (χ4v) is 4.62. The molecule has 1 aromatic carbocycles. The third kappa shape index (κ3) is 6.20. The molecule has 1 aliphatic carbocycles. The summed E-state index contributed by atoms with van der Waals surface area (Å²) >= 11 is 0. The van der Waals surface area contributed by atoms with Crippen molar-refractivity contribution in [3.63, 3.8) is 0 Å². The lowest BCUT2D eigenvalue weighted by Crippen LogP contribution is -2.47. The Morgan fingerprint density at radius 2 is 1.92 bits per heavy atom. The first-order valence-electron chi connectivity index (χ1n) is 12.3. The molecule has 0 radical (unpaired) electrons. The highest BCUT2D eigenvalue weighted by Gasteiger charge is 2.41. The standard InChI is InChI=1S/C27H29F4N5O2/c1-33-13-17(23(32)25(29)30)11-22(37)36-14-18(28)12-21(36)27(38)35-24(16-5-3-2-4-6-16)20-10-9-19(15-7-8-15)26(31)34-20/h2-6,9-10,13,15,18,21,24-25H,7-8,11-12,14,32H2,1H3,(H,35,38)/b23-17-,33-13?/t18-,21+,24+/m1/s1. The minimum atomic E-state index is -3.01. The highest BCUT2D eigenvalue weighted by molar-refractivity contribution is 5.93. The number of allylic oxidation sites excluding steroid dienone is 1. The van der Waals surface area contributed by atoms with E-state index < -0.39 is 54.6 Å². The molecule has 1 saturated heterocycles. The molecule has 0 spiro atoms. The molecule has 4 rings (SSSR count). The molecule has 38 heavy (non-hydrogen) atoms. The molecule has 1 saturated carbocycles. The van der Waals surface area contributed by atoms with Crippen molar-refractivity contribution < 1.29 is 27.2 Å². The van der Waals surface area contributed by atoms with Gasteiger partial charge in [-0.3, -0.25) is 14.6 Å². The van der Waals surface area contributed by atoms with Crippen LogP contribution in [0.25, 0.3) is 0 Å². The van der Waals surface area contributed by atoms with E-state index in [0.29, 0.717) is 11.1 Å². The number of aliphatic imine (C=N–C) groups is 1. The van der Waals surface area contributed by atoms with Gasteiger partial charge in [-0.15, -0.1) is 0 Å². The van der Waals surface area contributed by atoms with Gasteiger partial charge in [-0.25, -0.2) is 18.2 Å². The molecule has 3 atom stereocenters. The van der Waals surface area contributed by atoms with E-state index in [-0.39, 0.29) is 30.2 Å². The van der Waals surface area contributed by atoms with Gasteiger partial charge in [0, 0.05) is 30.8 Å². The third-order valence-corrected chi connectivity index (χ3v) is 6.74. The van der Waals surface area contributed by atoms with Crippen LogP contribution in [0.3, 0.4) is 0 Å². The molecule has 2 heterocycles. The Labute approximate surface area is 217 Å². The van der Waals surface area contributed by atoms with Crippen LogP contribution in [-0.4, -0.2) is 60.1 Å². The summed E-state index contributed by atoms with van der Waals surface area (Å²) in [7, 11) is 1.34. The van der Waals surface area contributed by atoms with Gasteiger partial charge in [-0.2, -0.15) is 4.39 Å². The first-order valence-corrected chi connectivity index (χ1v) is 12.3. The number of halogens is 4. The normalized spacial score (nSPS) is 21.1. The number of hydrogen-bond donors (Lipinski definition) is 2. The van der Waals surface area contributed by atoms with Gasteiger partial charge in [0.1, 0.15) is 12.2 Å². The lowest BCUT2D eigenvalue weighted by molar-refractivity contribution is -0.138. The molecule has 2 aromatic rings. The maximum Gasteiger partial charge on any atom is 0.278 e. The Morgan fingerprint density at radius 1 is 1.21 bits per heavy atom. The highest BCUT2D eigenvalue weighted by Crippen LogP contribution is 2.41. The number of likely N-dealkylation sites (tertiary alicyclic amines) is 1. The zero-order valence-corrected chi connectivity index (χ0v) is 20.8. The van der Waals surface area contributed by atoms with E-state index in [1.165, 1.54) is 7.05 Å². The van der Waals surface area contributed by atoms with Gasteiger partial charge in [-0.1, -0.05) is 36.4 Å². The molecule has 202 valence electrons. The summed E-state index contributed by atoms with van der Waals surface area (Å²) in [6.07, 6.45) is -2.48. The van der Waals surface area contributed by atoms with Gasteiger partial charge in [-0.05, 0) is 30.4 Å². The minimum Gasteiger partial charge on any atom is -0.397 e. The Kier molecular flexibility index (Phi) is 8.43. The molecule has 0 unspecified atom stereocenters. The predicted octanol–water partition coefficient (Wildman–Crippen LogP) is 3.81. The van der Waals surface area contributed by atoms with Crippen molar-refractivity contribution in [3.05, 3.63) is 76.5 Å². The van der Waals surface area contributed by atoms with Crippen molar-refractivity contribution in [3.8, 4) is 0 Å². The van der Waals surface area contributed by atoms with Crippen molar-refractivity contribution in [2.24, 2.45) is 10.7 Å². The number of carbonyl (C=O) groups excluding carboxylic acids is 2. The maximum absolute atomic E-state index is 14.8. The van der Waals surface area contributed by atoms with Crippen molar-refractivity contribution in [2.45, 2.75) is 56.3 Å². The number of nitrogens with one attached hydrogen (secondary N) is 1. The molecular weight excluding hydrogens is 502 g/mol. The molecular formula is C27H29F4N5O2. The molecule has 1 aromatic heterocycles. The summed E-state index contributed by atoms with van der Waals surface area (Å²) in [6.45, 7) is -0.374. The lowest BCUT2D eigenvalue weighted by atomic mass is 10.0. The van der Waals surface area contributed by atoms with Crippen molar-refractivity contribution >= 4 is 18.0 Å². The van der Waals surface area contributed by atoms with Crippen molar-refractivity contribution in [2.75, 3.05) is 13.6 Å². The fourth-order valence-electron chi connectivity index (χ4n) is 4.62. The van der Waals surface area contributed by atoms with E-state index in [1.54, 1.807) is 42.5 Å². The second-order valence-electron chi connectivity index (χ2n) is 9.48. The van der Waals surface area contributed by atoms with E-state index in [2.05, 4.69) is 15.3 Å². The quantitative estimate of drug-likeness (QED) is 0.292. The van der Waals surface area contributed by atoms with Gasteiger partial charge < -0.3 is 16.0 Å². The zero-order valence-electron chi connectivity index (χ0n) is 20.8. The second-order valence-corrected chi connectivity index (χ2v) is 9.48. The van der Waals surface area contributed by atoms with Crippen LogP contribution < -0.4 is 11.1 Å². The molecule has 3 N–H and O–H groups in total. The number of rotatable bonds is 9. The number of amides is 2. The van der Waals surface area contributed by atoms with Gasteiger partial charge >= 0.3 is 0 Å². The van der Waals surface area contributed by atoms with E-state index in [1.807, 2.05) is 0 Å². The molecule has 1 aliphatic heterocycles. The fraction of sp³-hybridized carbons (Fsp3) is 0.407. The number of aromatic nitrogens is 1. The Hall–Kier alpha value is -3.76. The number of hydrogen-bond acceptors (Lipinski definition) is 5. The van der Waals surface area contributed by atoms with Gasteiger partial charge in [0.2, 0.25) is 17.8 Å². The molecule has 0 bridgehead atoms. The van der Waals surface area contributed by atoms with Gasteiger partial charge in [0.15, 0.2) is 0 Å². The molecule has 11 heteroatoms. The zero-order chi connectivity index (χ0) is 27.4. The Bertz CT molecular complexity index is 1230. The first kappa shape index (κ1) is 27.3. The first-order chi connectivity index (χ1) is 18.2. The summed E-state index contributed by atoms with van der Waals surface area (Å²) in [5.74, 6) is -1.86. The van der Waals surface area contributed by atoms with Crippen LogP contribution >= 0.6 is 0 Å². The van der Waals surface area contributed by atoms with Crippen LogP contribution in [0.5, 0.6) is 0 Å². The van der Waals surface area contributed by atoms with E-state index in [0.717, 1.165) is 24.0 Å². The Morgan fingerprint density at radius 3 is 2.53 bits per heavy atom. The largest absolute Gasteiger partial charge is 0.397 e. The SMILES string of the molecule is CN=C/C(CC(=O)N1C[C@H](F)C[C@H]1C(=O)N[C@@H](c1ccccc1)c1ccc(C2CC2)c(F)n1)=C(\N)C(F)F. The summed E-state index contributed by atoms with van der Waals surface area (Å²) < 4.78 is 55.5. The topological polar surface area (TPSA) is 101 Å². The van der Waals surface area contributed by atoms with Gasteiger partial charge in [0.25, 0.3) is 6.43 Å². The lowest BCUT2D eigenvalue weighted by Gasteiger charge is -2.27. The van der Waals surface area contributed by atoms with Crippen molar-refractivity contribution in [1.82, 2.24) is 15.2 Å². The second kappa shape index (κ2) is 11.7. The highest BCUT2D eigenvalue weighted by atomic mass is 19.3. The predicted molar refractivity (Wildman–Crippen MR) is 134 cm³/mol. The van der Waals surface area contributed by atoms with Crippen LogP contribution in [0.15, 0.2) is 58.7 Å². The van der Waals surface area contributed by atoms with Crippen LogP contribution in [0.2, 0.25) is 0 Å². The maximum atomic E-state index is 14.8. The van der Waals surface area contributed by atoms with Crippen molar-refractivity contribution in [1.29, 1.82) is 0 Å². The summed E-state index contributed by atoms with van der Waals surface area (Å²) in [6, 6.07) is 10.0. The minimum absolute atomic E-state index is 0.150. The van der Waals surface area contributed by atoms with Crippen LogP contribution in [0, 0.1) is 5.95 Å². The van der Waals surface area contributed by atoms with Crippen LogP contribution in [0.1, 0.15) is 54.5 Å². The number of benzene rings is 1. The third-order valence-electron chi connectivity index (χ3n) is 6.74. The summed E-state index contributed by atoms with van der Waals surface area (Å²) in [5.41, 5.74) is 5.82. The van der Waals surface area contributed by atoms with Gasteiger partial charge in [0.05, 0.1) is 30.4 Å². The average Bonchev–Trinajstić information content (AvgIpc) is 3.66. The average molecular weight is 532 g/mol. The number of alkyl halides is 3. The molecule has 2 aliphatic rings. The number of nitrogens with two attached hydrogens (primary N) is 1. The van der Waals surface area contributed by atoms with E-state index in [9.17, 15) is 27.2 Å². The monoisotopic (exact) mass is 531 g/mol. The smallest absolute Gasteiger partial charge is 0.278 e. The number of carbonyl (C=O) groups is 2.